The van der Waals surface area contributed by atoms with Crippen molar-refractivity contribution >= 4 is 52.4 Å². The van der Waals surface area contributed by atoms with Crippen LogP contribution in [-0.4, -0.2) is 122 Å². The highest BCUT2D eigenvalue weighted by Gasteiger charge is 2.54. The van der Waals surface area contributed by atoms with Crippen LogP contribution in [0.4, 0.5) is 9.18 Å². The predicted molar refractivity (Wildman–Crippen MR) is 265 cm³/mol. The molecule has 2 aromatic heterocycles. The molecule has 6 heterocycles. The number of hydrogen-bond donors (Lipinski definition) is 5. The Hall–Kier alpha value is -6.58. The Balaban J connectivity index is 0.834. The molecule has 4 aliphatic heterocycles. The third-order valence-corrected chi connectivity index (χ3v) is 16.7. The zero-order chi connectivity index (χ0) is 52.6. The smallest absolute Gasteiger partial charge is 0.343 e. The van der Waals surface area contributed by atoms with Crippen molar-refractivity contribution in [2.45, 2.75) is 135 Å². The maximum atomic E-state index is 15.1. The van der Waals surface area contributed by atoms with Crippen LogP contribution in [0.25, 0.3) is 22.3 Å². The highest BCUT2D eigenvalue weighted by molar-refractivity contribution is 6.13. The summed E-state index contributed by atoms with van der Waals surface area (Å²) in [5.41, 5.74) is 11.5. The number of likely N-dealkylation sites (tertiary alicyclic amines) is 1. The fourth-order valence-electron chi connectivity index (χ4n) is 12.0. The Morgan fingerprint density at radius 1 is 0.973 bits per heavy atom. The minimum Gasteiger partial charge on any atom is -0.458 e. The van der Waals surface area contributed by atoms with Gasteiger partial charge in [-0.15, -0.1) is 0 Å². The number of cyclic esters (lactones) is 1. The van der Waals surface area contributed by atoms with Gasteiger partial charge in [-0.3, -0.25) is 38.6 Å². The number of nitrogens with zero attached hydrogens (tertiary/aromatic N) is 5. The maximum Gasteiger partial charge on any atom is 0.343 e. The normalized spacial score (nSPS) is 22.6. The van der Waals surface area contributed by atoms with Gasteiger partial charge in [0.25, 0.3) is 17.4 Å². The summed E-state index contributed by atoms with van der Waals surface area (Å²) in [6.07, 6.45) is 8.65. The molecule has 21 heteroatoms. The van der Waals surface area contributed by atoms with Crippen LogP contribution in [0.1, 0.15) is 118 Å². The lowest BCUT2D eigenvalue weighted by Crippen LogP contribution is -2.63. The summed E-state index contributed by atoms with van der Waals surface area (Å²) in [6.45, 7) is 5.97. The molecular weight excluding hydrogens is 958 g/mol. The van der Waals surface area contributed by atoms with Crippen molar-refractivity contribution in [2.75, 3.05) is 39.5 Å². The number of carbonyl (C=O) groups is 7. The Kier molecular flexibility index (Phi) is 15.1. The van der Waals surface area contributed by atoms with Crippen LogP contribution >= 0.6 is 0 Å². The quantitative estimate of drug-likeness (QED) is 0.0298. The van der Waals surface area contributed by atoms with Crippen LogP contribution in [0, 0.1) is 30.0 Å². The number of amides is 7. The van der Waals surface area contributed by atoms with Crippen molar-refractivity contribution in [3.05, 3.63) is 74.3 Å². The molecule has 3 fully saturated rings. The molecule has 2 aliphatic carbocycles. The van der Waals surface area contributed by atoms with Gasteiger partial charge in [0.1, 0.15) is 30.6 Å². The minimum atomic E-state index is -1.98. The lowest BCUT2D eigenvalue weighted by Gasteiger charge is -2.47. The summed E-state index contributed by atoms with van der Waals surface area (Å²) in [5.74, 6) is -3.33. The lowest BCUT2D eigenvalue weighted by atomic mass is 9.66. The van der Waals surface area contributed by atoms with Gasteiger partial charge in [-0.25, -0.2) is 19.0 Å². The Labute approximate surface area is 427 Å². The summed E-state index contributed by atoms with van der Waals surface area (Å²) in [4.78, 5) is 115. The third-order valence-electron chi connectivity index (χ3n) is 16.7. The van der Waals surface area contributed by atoms with E-state index in [2.05, 4.69) is 15.5 Å². The SMILES string of the molecule is CCC1(O)C(=O)OCc2c1cc1n(c2=O)Cc2c-1nc1cc(F)c(C)cc1c2CN1CCC(CCOCNC(=O)[C@H](CCCNC(N)=O)N(C(=O)C2(C(N)=O)CCC2)C2CCC(CN3C(=O)C=CC3=O)CC2)CC1. The maximum absolute atomic E-state index is 15.1. The van der Waals surface area contributed by atoms with Crippen LogP contribution in [0.2, 0.25) is 0 Å². The van der Waals surface area contributed by atoms with Crippen molar-refractivity contribution in [1.82, 2.24) is 34.9 Å². The predicted octanol–water partition coefficient (Wildman–Crippen LogP) is 3.00. The molecule has 1 unspecified atom stereocenters. The average molecular weight is 1020 g/mol. The summed E-state index contributed by atoms with van der Waals surface area (Å²) < 4.78 is 28.0. The first kappa shape index (κ1) is 52.3. The Morgan fingerprint density at radius 3 is 2.34 bits per heavy atom. The van der Waals surface area contributed by atoms with Gasteiger partial charge in [-0.1, -0.05) is 13.3 Å². The number of nitrogens with one attached hydrogen (secondary N) is 2. The molecule has 20 nitrogen and oxygen atoms in total. The number of fused-ring (bicyclic) bond motifs is 5. The number of pyridine rings is 2. The molecule has 0 spiro atoms. The third kappa shape index (κ3) is 9.92. The number of aryl methyl sites for hydroxylation is 1. The summed E-state index contributed by atoms with van der Waals surface area (Å²) in [6, 6.07) is 2.68. The molecular formula is C53H66FN9O11. The second kappa shape index (κ2) is 21.3. The van der Waals surface area contributed by atoms with E-state index in [0.717, 1.165) is 48.9 Å². The number of piperidine rings is 1. The average Bonchev–Trinajstić information content (AvgIpc) is 3.90. The zero-order valence-corrected chi connectivity index (χ0v) is 42.1. The number of primary amides is 2. The number of rotatable bonds is 19. The first-order chi connectivity index (χ1) is 35.4. The van der Waals surface area contributed by atoms with Gasteiger partial charge < -0.3 is 46.1 Å². The molecule has 1 aromatic carbocycles. The van der Waals surface area contributed by atoms with E-state index in [0.29, 0.717) is 80.1 Å². The van der Waals surface area contributed by atoms with Crippen LogP contribution in [0.5, 0.6) is 0 Å². The fraction of sp³-hybridized carbons (Fsp3) is 0.566. The molecule has 396 valence electrons. The van der Waals surface area contributed by atoms with E-state index >= 15 is 4.39 Å². The van der Waals surface area contributed by atoms with Crippen LogP contribution in [-0.2, 0) is 63.5 Å². The molecule has 3 aromatic rings. The van der Waals surface area contributed by atoms with Gasteiger partial charge in [-0.05, 0) is 132 Å². The van der Waals surface area contributed by atoms with Crippen molar-refractivity contribution in [1.29, 1.82) is 0 Å². The highest BCUT2D eigenvalue weighted by Crippen LogP contribution is 2.45. The molecule has 2 saturated carbocycles. The second-order valence-corrected chi connectivity index (χ2v) is 21.0. The van der Waals surface area contributed by atoms with E-state index in [1.165, 1.54) is 23.1 Å². The molecule has 0 bridgehead atoms. The summed E-state index contributed by atoms with van der Waals surface area (Å²) in [5, 5.41) is 17.6. The Morgan fingerprint density at radius 2 is 1.69 bits per heavy atom. The number of ether oxygens (including phenoxy) is 2. The summed E-state index contributed by atoms with van der Waals surface area (Å²) >= 11 is 0. The van der Waals surface area contributed by atoms with Gasteiger partial charge >= 0.3 is 12.0 Å². The van der Waals surface area contributed by atoms with Gasteiger partial charge in [0.15, 0.2) is 5.60 Å². The number of carbonyl (C=O) groups excluding carboxylic acids is 7. The van der Waals surface area contributed by atoms with Gasteiger partial charge in [0.2, 0.25) is 17.7 Å². The molecule has 74 heavy (non-hydrogen) atoms. The number of halogens is 1. The molecule has 0 radical (unpaired) electrons. The lowest BCUT2D eigenvalue weighted by molar-refractivity contribution is -0.172. The number of hydrogen-bond acceptors (Lipinski definition) is 13. The van der Waals surface area contributed by atoms with Gasteiger partial charge in [0.05, 0.1) is 29.0 Å². The molecule has 6 aliphatic rings. The molecule has 7 N–H and O–H groups in total. The summed E-state index contributed by atoms with van der Waals surface area (Å²) in [7, 11) is 0. The van der Waals surface area contributed by atoms with E-state index in [4.69, 9.17) is 25.9 Å². The van der Waals surface area contributed by atoms with Crippen LogP contribution in [0.15, 0.2) is 35.1 Å². The standard InChI is InChI=1S/C53H66FN9O11/c1-3-53(72)38-23-42-45-36(27-61(42)47(67)37(38)28-74-50(53)70)35(34-22-30(2)39(54)24-40(34)59-45)26-60-19-13-31(14-20-60)15-21-73-29-58-46(66)41(6-4-18-57-51(56)71)63(49(69)52(48(55)68)16-5-17-52)33-9-7-32(8-10-33)25-62-43(64)11-12-44(62)65/h11-12,22-24,31-33,41,72H,3-10,13-21,25-29H2,1-2H3,(H2,55,68)(H,58,66)(H3,56,57,71)/t32?,33?,41-,53?/m0/s1. The monoisotopic (exact) mass is 1020 g/mol. The van der Waals surface area contributed by atoms with E-state index < -0.39 is 58.6 Å². The van der Waals surface area contributed by atoms with Crippen molar-refractivity contribution in [3.63, 3.8) is 0 Å². The number of benzene rings is 1. The topological polar surface area (TPSA) is 279 Å². The largest absolute Gasteiger partial charge is 0.458 e. The highest BCUT2D eigenvalue weighted by atomic mass is 19.1. The first-order valence-electron chi connectivity index (χ1n) is 26.0. The number of aromatic nitrogens is 2. The van der Waals surface area contributed by atoms with E-state index in [-0.39, 0.29) is 93.1 Å². The van der Waals surface area contributed by atoms with E-state index in [1.54, 1.807) is 35.4 Å². The fourth-order valence-corrected chi connectivity index (χ4v) is 12.0. The second-order valence-electron chi connectivity index (χ2n) is 21.0. The number of nitrogens with two attached hydrogens (primary N) is 2. The van der Waals surface area contributed by atoms with E-state index in [9.17, 15) is 43.5 Å². The van der Waals surface area contributed by atoms with Gasteiger partial charge in [0, 0.05) is 67.0 Å². The van der Waals surface area contributed by atoms with E-state index in [1.807, 2.05) is 0 Å². The molecule has 7 amide bonds. The molecule has 1 saturated heterocycles. The molecule has 2 atom stereocenters. The first-order valence-corrected chi connectivity index (χ1v) is 26.0. The van der Waals surface area contributed by atoms with Crippen LogP contribution < -0.4 is 27.7 Å². The Bertz CT molecular complexity index is 2850. The van der Waals surface area contributed by atoms with Crippen molar-refractivity contribution in [2.24, 2.45) is 28.7 Å². The van der Waals surface area contributed by atoms with Crippen LogP contribution in [0.3, 0.4) is 0 Å². The zero-order valence-electron chi connectivity index (χ0n) is 42.1. The number of urea groups is 1. The number of imide groups is 1. The van der Waals surface area contributed by atoms with Crippen molar-refractivity contribution < 1.29 is 52.5 Å². The number of esters is 1. The minimum absolute atomic E-state index is 0.00778. The van der Waals surface area contributed by atoms with Gasteiger partial charge in [-0.2, -0.15) is 0 Å². The molecule has 9 rings (SSSR count). The van der Waals surface area contributed by atoms with Crippen molar-refractivity contribution in [3.8, 4) is 11.4 Å². The number of aliphatic hydroxyl groups is 1.